The molecule has 0 aliphatic rings. The lowest BCUT2D eigenvalue weighted by molar-refractivity contribution is 0.474. The molecule has 0 aliphatic heterocycles. The zero-order valence-electron chi connectivity index (χ0n) is 13.1. The lowest BCUT2D eigenvalue weighted by Gasteiger charge is -2.02. The second-order valence-electron chi connectivity index (χ2n) is 5.51. The molecule has 0 aliphatic carbocycles. The van der Waals surface area contributed by atoms with Crippen molar-refractivity contribution < 1.29 is 10.2 Å². The second kappa shape index (κ2) is 6.37. The molecular weight excluding hydrogens is 332 g/mol. The summed E-state index contributed by atoms with van der Waals surface area (Å²) in [4.78, 5) is 8.88. The van der Waals surface area contributed by atoms with E-state index in [1.165, 1.54) is 11.3 Å². The normalized spacial score (nSPS) is 11.4. The summed E-state index contributed by atoms with van der Waals surface area (Å²) in [5.41, 5.74) is 2.83. The summed E-state index contributed by atoms with van der Waals surface area (Å²) in [6.07, 6.45) is 1.57. The molecule has 0 fully saturated rings. The van der Waals surface area contributed by atoms with Crippen LogP contribution in [0, 0.1) is 0 Å². The summed E-state index contributed by atoms with van der Waals surface area (Å²) >= 11 is 1.54. The monoisotopic (exact) mass is 346 g/mol. The van der Waals surface area contributed by atoms with E-state index in [1.54, 1.807) is 30.5 Å². The highest BCUT2D eigenvalue weighted by atomic mass is 32.1. The maximum atomic E-state index is 10.4. The Hall–Kier alpha value is -3.18. The third-order valence-electron chi connectivity index (χ3n) is 3.80. The molecule has 3 aromatic carbocycles. The van der Waals surface area contributed by atoms with Crippen LogP contribution in [0.15, 0.2) is 71.7 Å². The molecule has 0 unspecified atom stereocenters. The van der Waals surface area contributed by atoms with Crippen LogP contribution < -0.4 is 0 Å². The van der Waals surface area contributed by atoms with Gasteiger partial charge in [-0.2, -0.15) is 0 Å². The largest absolute Gasteiger partial charge is 0.507 e. The number of aromatic hydroxyl groups is 2. The maximum Gasteiger partial charge on any atom is 0.128 e. The van der Waals surface area contributed by atoms with E-state index >= 15 is 0 Å². The van der Waals surface area contributed by atoms with Crippen LogP contribution in [0.5, 0.6) is 11.5 Å². The molecule has 5 heteroatoms. The first kappa shape index (κ1) is 15.4. The molecule has 4 aromatic rings. The molecule has 4 rings (SSSR count). The Bertz CT molecular complexity index is 1050. The first-order chi connectivity index (χ1) is 12.2. The van der Waals surface area contributed by atoms with E-state index in [4.69, 9.17) is 0 Å². The highest BCUT2D eigenvalue weighted by Gasteiger charge is 2.10. The molecule has 1 heterocycles. The van der Waals surface area contributed by atoms with Crippen LogP contribution in [0.1, 0.15) is 5.56 Å². The molecule has 0 atom stereocenters. The first-order valence-corrected chi connectivity index (χ1v) is 8.53. The average Bonchev–Trinajstić information content (AvgIpc) is 3.05. The highest BCUT2D eigenvalue weighted by molar-refractivity contribution is 7.21. The Morgan fingerprint density at radius 1 is 0.880 bits per heavy atom. The lowest BCUT2D eigenvalue weighted by Crippen LogP contribution is -1.81. The number of rotatable bonds is 3. The number of benzene rings is 3. The molecule has 25 heavy (non-hydrogen) atoms. The van der Waals surface area contributed by atoms with E-state index in [0.717, 1.165) is 15.2 Å². The van der Waals surface area contributed by atoms with E-state index < -0.39 is 0 Å². The molecule has 0 saturated carbocycles. The van der Waals surface area contributed by atoms with Crippen molar-refractivity contribution in [2.45, 2.75) is 0 Å². The van der Waals surface area contributed by atoms with Crippen molar-refractivity contribution in [2.75, 3.05) is 0 Å². The molecule has 0 bridgehead atoms. The standard InChI is InChI=1S/C20H14N2O2S/c23-17-7-3-1-5-13(17)12-21-14-9-10-15(18(24)11-14)20-22-16-6-2-4-8-19(16)25-20/h1-12,23-24H. The Morgan fingerprint density at radius 3 is 2.48 bits per heavy atom. The topological polar surface area (TPSA) is 65.7 Å². The minimum Gasteiger partial charge on any atom is -0.507 e. The number of aromatic nitrogens is 1. The number of hydrogen-bond donors (Lipinski definition) is 2. The van der Waals surface area contributed by atoms with Gasteiger partial charge in [0.2, 0.25) is 0 Å². The summed E-state index contributed by atoms with van der Waals surface area (Å²) in [6.45, 7) is 0. The summed E-state index contributed by atoms with van der Waals surface area (Å²) in [7, 11) is 0. The number of phenolic OH excluding ortho intramolecular Hbond substituents is 2. The minimum atomic E-state index is 0.131. The van der Waals surface area contributed by atoms with Crippen molar-refractivity contribution in [3.05, 3.63) is 72.3 Å². The molecule has 0 saturated heterocycles. The summed E-state index contributed by atoms with van der Waals surface area (Å²) in [6, 6.07) is 20.1. The van der Waals surface area contributed by atoms with Gasteiger partial charge in [-0.15, -0.1) is 11.3 Å². The van der Waals surface area contributed by atoms with Crippen LogP contribution in [-0.4, -0.2) is 21.4 Å². The van der Waals surface area contributed by atoms with E-state index in [9.17, 15) is 10.2 Å². The maximum absolute atomic E-state index is 10.4. The minimum absolute atomic E-state index is 0.131. The summed E-state index contributed by atoms with van der Waals surface area (Å²) in [5, 5.41) is 20.9. The van der Waals surface area contributed by atoms with E-state index in [0.29, 0.717) is 16.8 Å². The molecule has 0 amide bonds. The molecular formula is C20H14N2O2S. The predicted octanol–water partition coefficient (Wildman–Crippen LogP) is 5.13. The van der Waals surface area contributed by atoms with Gasteiger partial charge in [-0.25, -0.2) is 4.98 Å². The Labute approximate surface area is 148 Å². The number of nitrogens with zero attached hydrogens (tertiary/aromatic N) is 2. The van der Waals surface area contributed by atoms with E-state index in [1.807, 2.05) is 42.5 Å². The van der Waals surface area contributed by atoms with Crippen molar-refractivity contribution >= 4 is 33.5 Å². The predicted molar refractivity (Wildman–Crippen MR) is 102 cm³/mol. The quantitative estimate of drug-likeness (QED) is 0.506. The van der Waals surface area contributed by atoms with Crippen molar-refractivity contribution in [2.24, 2.45) is 4.99 Å². The van der Waals surface area contributed by atoms with Crippen LogP contribution in [0.4, 0.5) is 5.69 Å². The Morgan fingerprint density at radius 2 is 1.68 bits per heavy atom. The van der Waals surface area contributed by atoms with Gasteiger partial charge in [-0.3, -0.25) is 4.99 Å². The van der Waals surface area contributed by atoms with Gasteiger partial charge >= 0.3 is 0 Å². The number of aliphatic imine (C=N–C) groups is 1. The third kappa shape index (κ3) is 3.09. The number of para-hydroxylation sites is 2. The molecule has 4 nitrogen and oxygen atoms in total. The number of phenols is 2. The second-order valence-corrected chi connectivity index (χ2v) is 6.54. The average molecular weight is 346 g/mol. The molecule has 2 N–H and O–H groups in total. The van der Waals surface area contributed by atoms with Crippen LogP contribution in [0.2, 0.25) is 0 Å². The van der Waals surface area contributed by atoms with Crippen LogP contribution in [0.25, 0.3) is 20.8 Å². The number of fused-ring (bicyclic) bond motifs is 1. The van der Waals surface area contributed by atoms with Gasteiger partial charge in [-0.05, 0) is 36.4 Å². The van der Waals surface area contributed by atoms with Crippen molar-refractivity contribution in [3.63, 3.8) is 0 Å². The van der Waals surface area contributed by atoms with Crippen LogP contribution >= 0.6 is 11.3 Å². The molecule has 122 valence electrons. The number of thiazole rings is 1. The van der Waals surface area contributed by atoms with Gasteiger partial charge in [0, 0.05) is 17.8 Å². The fourth-order valence-electron chi connectivity index (χ4n) is 2.51. The van der Waals surface area contributed by atoms with Gasteiger partial charge in [0.25, 0.3) is 0 Å². The van der Waals surface area contributed by atoms with Gasteiger partial charge < -0.3 is 10.2 Å². The van der Waals surface area contributed by atoms with Gasteiger partial charge in [-0.1, -0.05) is 24.3 Å². The Kier molecular flexibility index (Phi) is 3.91. The van der Waals surface area contributed by atoms with Gasteiger partial charge in [0.1, 0.15) is 16.5 Å². The first-order valence-electron chi connectivity index (χ1n) is 7.72. The van der Waals surface area contributed by atoms with Gasteiger partial charge in [0.15, 0.2) is 0 Å². The summed E-state index contributed by atoms with van der Waals surface area (Å²) < 4.78 is 1.08. The molecule has 1 aromatic heterocycles. The molecule has 0 radical (unpaired) electrons. The number of hydrogen-bond acceptors (Lipinski definition) is 5. The zero-order valence-corrected chi connectivity index (χ0v) is 13.9. The van der Waals surface area contributed by atoms with Gasteiger partial charge in [0.05, 0.1) is 21.5 Å². The lowest BCUT2D eigenvalue weighted by atomic mass is 10.2. The van der Waals surface area contributed by atoms with E-state index in [2.05, 4.69) is 9.98 Å². The third-order valence-corrected chi connectivity index (χ3v) is 4.86. The smallest absolute Gasteiger partial charge is 0.128 e. The SMILES string of the molecule is Oc1ccccc1C=Nc1ccc(-c2nc3ccccc3s2)c(O)c1. The fraction of sp³-hybridized carbons (Fsp3) is 0. The Balaban J connectivity index is 1.66. The highest BCUT2D eigenvalue weighted by Crippen LogP contribution is 2.37. The molecule has 0 spiro atoms. The van der Waals surface area contributed by atoms with Crippen molar-refractivity contribution in [3.8, 4) is 22.1 Å². The zero-order chi connectivity index (χ0) is 17.2. The van der Waals surface area contributed by atoms with Crippen LogP contribution in [-0.2, 0) is 0 Å². The fourth-order valence-corrected chi connectivity index (χ4v) is 3.51. The van der Waals surface area contributed by atoms with Crippen molar-refractivity contribution in [1.29, 1.82) is 0 Å². The van der Waals surface area contributed by atoms with Crippen LogP contribution in [0.3, 0.4) is 0 Å². The van der Waals surface area contributed by atoms with Crippen molar-refractivity contribution in [1.82, 2.24) is 4.98 Å². The summed E-state index contributed by atoms with van der Waals surface area (Å²) in [5.74, 6) is 0.299. The van der Waals surface area contributed by atoms with E-state index in [-0.39, 0.29) is 11.5 Å².